The number of aromatic nitrogens is 3. The van der Waals surface area contributed by atoms with Crippen LogP contribution in [0.15, 0.2) is 48.5 Å². The Balaban J connectivity index is 1.35. The van der Waals surface area contributed by atoms with Gasteiger partial charge in [-0.3, -0.25) is 9.89 Å². The zero-order valence-electron chi connectivity index (χ0n) is 15.2. The summed E-state index contributed by atoms with van der Waals surface area (Å²) in [5.74, 6) is 0.0897. The average molecular weight is 382 g/mol. The molecule has 1 aliphatic rings. The number of hydrogen-bond acceptors (Lipinski definition) is 3. The van der Waals surface area contributed by atoms with Crippen LogP contribution in [0.1, 0.15) is 29.0 Å². The van der Waals surface area contributed by atoms with Crippen LogP contribution < -0.4 is 0 Å². The van der Waals surface area contributed by atoms with Crippen molar-refractivity contribution in [3.63, 3.8) is 0 Å². The number of likely N-dealkylation sites (tertiary alicyclic amines) is 1. The minimum atomic E-state index is -0.691. The predicted octanol–water partition coefficient (Wildman–Crippen LogP) is 3.84. The second-order valence-corrected chi connectivity index (χ2v) is 7.04. The van der Waals surface area contributed by atoms with E-state index in [-0.39, 0.29) is 5.56 Å². The normalized spacial score (nSPS) is 15.0. The van der Waals surface area contributed by atoms with Gasteiger partial charge in [0, 0.05) is 25.1 Å². The number of H-pyrrole nitrogens is 1. The fourth-order valence-electron chi connectivity index (χ4n) is 3.55. The molecule has 28 heavy (non-hydrogen) atoms. The van der Waals surface area contributed by atoms with Gasteiger partial charge in [-0.05, 0) is 37.0 Å². The van der Waals surface area contributed by atoms with Crippen molar-refractivity contribution in [2.24, 2.45) is 5.92 Å². The van der Waals surface area contributed by atoms with Crippen molar-refractivity contribution in [3.05, 3.63) is 71.6 Å². The summed E-state index contributed by atoms with van der Waals surface area (Å²) in [4.78, 5) is 18.6. The van der Waals surface area contributed by atoms with Crippen LogP contribution in [0.4, 0.5) is 8.78 Å². The van der Waals surface area contributed by atoms with Gasteiger partial charge in [-0.25, -0.2) is 13.8 Å². The molecule has 0 unspecified atom stereocenters. The molecule has 1 aromatic heterocycles. The smallest absolute Gasteiger partial charge is 0.256 e. The van der Waals surface area contributed by atoms with Crippen molar-refractivity contribution in [1.29, 1.82) is 0 Å². The molecule has 5 nitrogen and oxygen atoms in total. The number of nitrogens with one attached hydrogen (secondary N) is 1. The molecule has 144 valence electrons. The SMILES string of the molecule is O=C(c1cc(F)ccc1F)N1CCC(Cc2nc(-c3ccccc3)n[nH]2)CC1. The first-order valence-corrected chi connectivity index (χ1v) is 9.31. The molecule has 1 saturated heterocycles. The summed E-state index contributed by atoms with van der Waals surface area (Å²) in [6, 6.07) is 12.7. The number of rotatable bonds is 4. The van der Waals surface area contributed by atoms with Gasteiger partial charge < -0.3 is 4.90 Å². The summed E-state index contributed by atoms with van der Waals surface area (Å²) < 4.78 is 27.2. The molecule has 4 rings (SSSR count). The molecule has 0 atom stereocenters. The highest BCUT2D eigenvalue weighted by Gasteiger charge is 2.26. The second kappa shape index (κ2) is 7.88. The highest BCUT2D eigenvalue weighted by molar-refractivity contribution is 5.94. The van der Waals surface area contributed by atoms with Crippen LogP contribution in [0, 0.1) is 17.6 Å². The Labute approximate surface area is 161 Å². The zero-order valence-corrected chi connectivity index (χ0v) is 15.2. The Morgan fingerprint density at radius 2 is 1.86 bits per heavy atom. The van der Waals surface area contributed by atoms with Crippen LogP contribution >= 0.6 is 0 Å². The summed E-state index contributed by atoms with van der Waals surface area (Å²) in [6.07, 6.45) is 2.31. The third-order valence-electron chi connectivity index (χ3n) is 5.11. The molecule has 7 heteroatoms. The number of piperidine rings is 1. The summed E-state index contributed by atoms with van der Waals surface area (Å²) in [6.45, 7) is 1.03. The van der Waals surface area contributed by atoms with Crippen LogP contribution in [0.25, 0.3) is 11.4 Å². The largest absolute Gasteiger partial charge is 0.339 e. The highest BCUT2D eigenvalue weighted by atomic mass is 19.1. The highest BCUT2D eigenvalue weighted by Crippen LogP contribution is 2.23. The van der Waals surface area contributed by atoms with Gasteiger partial charge in [0.25, 0.3) is 5.91 Å². The van der Waals surface area contributed by atoms with Crippen molar-refractivity contribution >= 4 is 5.91 Å². The lowest BCUT2D eigenvalue weighted by Crippen LogP contribution is -2.39. The van der Waals surface area contributed by atoms with E-state index in [1.807, 2.05) is 30.3 Å². The molecular formula is C21H20F2N4O. The Morgan fingerprint density at radius 3 is 2.61 bits per heavy atom. The van der Waals surface area contributed by atoms with Crippen LogP contribution in [-0.2, 0) is 6.42 Å². The maximum Gasteiger partial charge on any atom is 0.256 e. The van der Waals surface area contributed by atoms with Crippen LogP contribution in [0.3, 0.4) is 0 Å². The first-order chi connectivity index (χ1) is 13.6. The molecule has 1 N–H and O–H groups in total. The van der Waals surface area contributed by atoms with Crippen molar-refractivity contribution in [1.82, 2.24) is 20.1 Å². The minimum absolute atomic E-state index is 0.207. The molecule has 1 aliphatic heterocycles. The van der Waals surface area contributed by atoms with Crippen molar-refractivity contribution in [2.45, 2.75) is 19.3 Å². The van der Waals surface area contributed by atoms with Crippen molar-refractivity contribution < 1.29 is 13.6 Å². The molecule has 2 heterocycles. The van der Waals surface area contributed by atoms with Gasteiger partial charge in [0.2, 0.25) is 0 Å². The molecule has 1 fully saturated rings. The third kappa shape index (κ3) is 3.93. The lowest BCUT2D eigenvalue weighted by atomic mass is 9.93. The first-order valence-electron chi connectivity index (χ1n) is 9.31. The number of carbonyl (C=O) groups is 1. The fourth-order valence-corrected chi connectivity index (χ4v) is 3.55. The molecular weight excluding hydrogens is 362 g/mol. The van der Waals surface area contributed by atoms with E-state index in [9.17, 15) is 13.6 Å². The minimum Gasteiger partial charge on any atom is -0.339 e. The van der Waals surface area contributed by atoms with Crippen molar-refractivity contribution in [3.8, 4) is 11.4 Å². The van der Waals surface area contributed by atoms with Gasteiger partial charge in [0.15, 0.2) is 5.82 Å². The van der Waals surface area contributed by atoms with E-state index < -0.39 is 17.5 Å². The van der Waals surface area contributed by atoms with E-state index in [2.05, 4.69) is 15.2 Å². The molecule has 0 radical (unpaired) electrons. The number of benzene rings is 2. The zero-order chi connectivity index (χ0) is 19.5. The van der Waals surface area contributed by atoms with Gasteiger partial charge >= 0.3 is 0 Å². The Hall–Kier alpha value is -3.09. The van der Waals surface area contributed by atoms with Crippen LogP contribution in [0.2, 0.25) is 0 Å². The molecule has 0 aliphatic carbocycles. The second-order valence-electron chi connectivity index (χ2n) is 7.04. The number of aromatic amines is 1. The maximum absolute atomic E-state index is 13.8. The average Bonchev–Trinajstić information content (AvgIpc) is 3.19. The monoisotopic (exact) mass is 382 g/mol. The number of nitrogens with zero attached hydrogens (tertiary/aromatic N) is 3. The summed E-state index contributed by atoms with van der Waals surface area (Å²) in [5, 5.41) is 7.27. The van der Waals surface area contributed by atoms with Crippen molar-refractivity contribution in [2.75, 3.05) is 13.1 Å². The summed E-state index contributed by atoms with van der Waals surface area (Å²) in [7, 11) is 0. The predicted molar refractivity (Wildman–Crippen MR) is 101 cm³/mol. The van der Waals surface area contributed by atoms with Crippen LogP contribution in [0.5, 0.6) is 0 Å². The molecule has 1 amide bonds. The molecule has 0 bridgehead atoms. The van der Waals surface area contributed by atoms with Gasteiger partial charge in [-0.2, -0.15) is 5.10 Å². The van der Waals surface area contributed by atoms with Crippen LogP contribution in [-0.4, -0.2) is 39.1 Å². The lowest BCUT2D eigenvalue weighted by molar-refractivity contribution is 0.0684. The standard InChI is InChI=1S/C21H20F2N4O/c22-16-6-7-18(23)17(13-16)21(28)27-10-8-14(9-11-27)12-19-24-20(26-25-19)15-4-2-1-3-5-15/h1-7,13-14H,8-12H2,(H,24,25,26). The Bertz CT molecular complexity index is 966. The molecule has 2 aromatic carbocycles. The number of amides is 1. The Kier molecular flexibility index (Phi) is 5.14. The number of hydrogen-bond donors (Lipinski definition) is 1. The van der Waals surface area contributed by atoms with Gasteiger partial charge in [0.1, 0.15) is 17.5 Å². The topological polar surface area (TPSA) is 61.9 Å². The number of halogens is 2. The number of carbonyl (C=O) groups excluding carboxylic acids is 1. The van der Waals surface area contributed by atoms with Gasteiger partial charge in [0.05, 0.1) is 5.56 Å². The van der Waals surface area contributed by atoms with E-state index in [4.69, 9.17) is 0 Å². The van der Waals surface area contributed by atoms with E-state index in [1.165, 1.54) is 0 Å². The van der Waals surface area contributed by atoms with Gasteiger partial charge in [-0.15, -0.1) is 0 Å². The lowest BCUT2D eigenvalue weighted by Gasteiger charge is -2.31. The molecule has 0 spiro atoms. The molecule has 0 saturated carbocycles. The van der Waals surface area contributed by atoms with E-state index in [1.54, 1.807) is 4.90 Å². The first kappa shape index (κ1) is 18.3. The third-order valence-corrected chi connectivity index (χ3v) is 5.11. The quantitative estimate of drug-likeness (QED) is 0.746. The maximum atomic E-state index is 13.8. The van der Waals surface area contributed by atoms with E-state index in [0.717, 1.165) is 48.8 Å². The fraction of sp³-hybridized carbons (Fsp3) is 0.286. The molecule has 3 aromatic rings. The summed E-state index contributed by atoms with van der Waals surface area (Å²) in [5.41, 5.74) is 0.753. The van der Waals surface area contributed by atoms with Gasteiger partial charge in [-0.1, -0.05) is 30.3 Å². The summed E-state index contributed by atoms with van der Waals surface area (Å²) >= 11 is 0. The Morgan fingerprint density at radius 1 is 1.11 bits per heavy atom. The van der Waals surface area contributed by atoms with E-state index >= 15 is 0 Å². The van der Waals surface area contributed by atoms with E-state index in [0.29, 0.717) is 24.8 Å².